The second-order valence-electron chi connectivity index (χ2n) is 11.0. The molecule has 2 saturated carbocycles. The average molecular weight is 378 g/mol. The number of rotatable bonds is 1. The molecule has 0 saturated heterocycles. The summed E-state index contributed by atoms with van der Waals surface area (Å²) in [5.41, 5.74) is 4.91. The number of pyridine rings is 1. The summed E-state index contributed by atoms with van der Waals surface area (Å²) in [4.78, 5) is 4.39. The van der Waals surface area contributed by atoms with Gasteiger partial charge in [-0.05, 0) is 84.3 Å². The standard InChI is InChI=1S/C26H35NO/c1-24(2)22-10-7-18-20-9-8-19(17-6-5-15-27-16-17)25(20,3)13-11-21(18)26(22,4)14-12-23(24)28/h5-6,8,10,15-16,18,20-21,23,28H,7,9,11-14H2,1-4H3/t18-,20-,21?,23?,25+,26+/m0/s1. The zero-order valence-corrected chi connectivity index (χ0v) is 17.9. The van der Waals surface area contributed by atoms with Gasteiger partial charge in [-0.2, -0.15) is 0 Å². The largest absolute Gasteiger partial charge is 0.392 e. The van der Waals surface area contributed by atoms with Crippen molar-refractivity contribution in [3.8, 4) is 0 Å². The van der Waals surface area contributed by atoms with E-state index in [1.54, 1.807) is 11.1 Å². The van der Waals surface area contributed by atoms with Gasteiger partial charge in [0, 0.05) is 17.8 Å². The predicted molar refractivity (Wildman–Crippen MR) is 114 cm³/mol. The summed E-state index contributed by atoms with van der Waals surface area (Å²) in [7, 11) is 0. The summed E-state index contributed by atoms with van der Waals surface area (Å²) in [5.74, 6) is 2.27. The van der Waals surface area contributed by atoms with E-state index >= 15 is 0 Å². The van der Waals surface area contributed by atoms with Gasteiger partial charge in [0.2, 0.25) is 0 Å². The Labute approximate surface area is 170 Å². The van der Waals surface area contributed by atoms with Gasteiger partial charge in [0.15, 0.2) is 0 Å². The summed E-state index contributed by atoms with van der Waals surface area (Å²) in [6.07, 6.45) is 15.9. The molecule has 2 heteroatoms. The molecule has 4 aliphatic rings. The van der Waals surface area contributed by atoms with E-state index in [4.69, 9.17) is 0 Å². The minimum atomic E-state index is -0.192. The van der Waals surface area contributed by atoms with Crippen LogP contribution in [0.2, 0.25) is 0 Å². The van der Waals surface area contributed by atoms with Gasteiger partial charge in [-0.25, -0.2) is 0 Å². The topological polar surface area (TPSA) is 33.1 Å². The lowest BCUT2D eigenvalue weighted by molar-refractivity contribution is -0.0583. The van der Waals surface area contributed by atoms with Crippen molar-refractivity contribution in [2.75, 3.05) is 0 Å². The first-order valence-corrected chi connectivity index (χ1v) is 11.3. The van der Waals surface area contributed by atoms with Gasteiger partial charge < -0.3 is 5.11 Å². The van der Waals surface area contributed by atoms with Gasteiger partial charge in [-0.1, -0.05) is 51.5 Å². The van der Waals surface area contributed by atoms with Gasteiger partial charge in [0.1, 0.15) is 0 Å². The van der Waals surface area contributed by atoms with Crippen LogP contribution >= 0.6 is 0 Å². The summed E-state index contributed by atoms with van der Waals surface area (Å²) in [5, 5.41) is 10.7. The third kappa shape index (κ3) is 2.33. The highest BCUT2D eigenvalue weighted by molar-refractivity contribution is 5.72. The molecule has 0 aliphatic heterocycles. The van der Waals surface area contributed by atoms with E-state index in [0.717, 1.165) is 30.6 Å². The van der Waals surface area contributed by atoms with Crippen LogP contribution in [0.25, 0.3) is 5.57 Å². The number of hydrogen-bond acceptors (Lipinski definition) is 2. The van der Waals surface area contributed by atoms with Crippen molar-refractivity contribution in [1.29, 1.82) is 0 Å². The van der Waals surface area contributed by atoms with Crippen LogP contribution in [-0.2, 0) is 0 Å². The molecule has 2 fully saturated rings. The Morgan fingerprint density at radius 1 is 0.964 bits per heavy atom. The molecule has 2 nitrogen and oxygen atoms in total. The predicted octanol–water partition coefficient (Wildman–Crippen LogP) is 6.03. The first-order valence-electron chi connectivity index (χ1n) is 11.3. The van der Waals surface area contributed by atoms with E-state index < -0.39 is 0 Å². The SMILES string of the molecule is CC1(C)C2=CC[C@@H]3C(CC[C@]4(C)C(c5cccnc5)=CC[C@@H]34)[C@@]2(C)CCC1O. The van der Waals surface area contributed by atoms with Crippen molar-refractivity contribution in [3.63, 3.8) is 0 Å². The van der Waals surface area contributed by atoms with Gasteiger partial charge in [0.25, 0.3) is 0 Å². The van der Waals surface area contributed by atoms with Crippen LogP contribution in [0.5, 0.6) is 0 Å². The third-order valence-electron chi connectivity index (χ3n) is 9.48. The molecule has 150 valence electrons. The van der Waals surface area contributed by atoms with Crippen LogP contribution < -0.4 is 0 Å². The minimum Gasteiger partial charge on any atom is -0.392 e. The quantitative estimate of drug-likeness (QED) is 0.606. The summed E-state index contributed by atoms with van der Waals surface area (Å²) in [6, 6.07) is 4.31. The van der Waals surface area contributed by atoms with Crippen LogP contribution in [0.1, 0.15) is 71.8 Å². The molecule has 5 rings (SSSR count). The van der Waals surface area contributed by atoms with Crippen molar-refractivity contribution >= 4 is 5.57 Å². The van der Waals surface area contributed by atoms with Gasteiger partial charge in [0.05, 0.1) is 6.10 Å². The van der Waals surface area contributed by atoms with Gasteiger partial charge >= 0.3 is 0 Å². The number of fused-ring (bicyclic) bond motifs is 5. The number of allylic oxidation sites excluding steroid dienone is 3. The fraction of sp³-hybridized carbons (Fsp3) is 0.654. The first-order chi connectivity index (χ1) is 13.3. The lowest BCUT2D eigenvalue weighted by Gasteiger charge is -2.61. The number of aliphatic hydroxyl groups is 1. The van der Waals surface area contributed by atoms with E-state index in [1.807, 2.05) is 6.20 Å². The Bertz CT molecular complexity index is 837. The summed E-state index contributed by atoms with van der Waals surface area (Å²) >= 11 is 0. The van der Waals surface area contributed by atoms with Crippen LogP contribution in [0.4, 0.5) is 0 Å². The molecule has 4 aliphatic carbocycles. The van der Waals surface area contributed by atoms with Crippen LogP contribution in [-0.4, -0.2) is 16.2 Å². The highest BCUT2D eigenvalue weighted by Gasteiger charge is 2.59. The second kappa shape index (κ2) is 6.05. The zero-order valence-electron chi connectivity index (χ0n) is 17.9. The molecule has 0 amide bonds. The fourth-order valence-electron chi connectivity index (χ4n) is 7.93. The van der Waals surface area contributed by atoms with E-state index in [0.29, 0.717) is 0 Å². The molecule has 0 spiro atoms. The van der Waals surface area contributed by atoms with Crippen molar-refractivity contribution in [1.82, 2.24) is 4.98 Å². The molecule has 2 unspecified atom stereocenters. The van der Waals surface area contributed by atoms with E-state index in [9.17, 15) is 5.11 Å². The molecule has 1 aromatic heterocycles. The summed E-state index contributed by atoms with van der Waals surface area (Å²) < 4.78 is 0. The van der Waals surface area contributed by atoms with E-state index in [2.05, 4.69) is 63.2 Å². The summed E-state index contributed by atoms with van der Waals surface area (Å²) in [6.45, 7) is 9.59. The Balaban J connectivity index is 1.50. The second-order valence-corrected chi connectivity index (χ2v) is 11.0. The highest BCUT2D eigenvalue weighted by Crippen LogP contribution is 2.68. The Morgan fingerprint density at radius 3 is 2.50 bits per heavy atom. The normalized spacial score (nSPS) is 44.0. The van der Waals surface area contributed by atoms with Crippen molar-refractivity contribution in [3.05, 3.63) is 47.8 Å². The monoisotopic (exact) mass is 377 g/mol. The van der Waals surface area contributed by atoms with Crippen LogP contribution in [0.3, 0.4) is 0 Å². The number of hydrogen-bond donors (Lipinski definition) is 1. The van der Waals surface area contributed by atoms with Gasteiger partial charge in [-0.3, -0.25) is 4.98 Å². The molecular weight excluding hydrogens is 342 g/mol. The zero-order chi connectivity index (χ0) is 19.7. The van der Waals surface area contributed by atoms with Gasteiger partial charge in [-0.15, -0.1) is 0 Å². The Morgan fingerprint density at radius 2 is 1.75 bits per heavy atom. The lowest BCUT2D eigenvalue weighted by Crippen LogP contribution is -2.54. The number of aliphatic hydroxyl groups excluding tert-OH is 1. The first kappa shape index (κ1) is 18.6. The number of nitrogens with zero attached hydrogens (tertiary/aromatic N) is 1. The average Bonchev–Trinajstić information content (AvgIpc) is 3.03. The molecular formula is C26H35NO. The minimum absolute atomic E-state index is 0.0759. The smallest absolute Gasteiger partial charge is 0.0628 e. The van der Waals surface area contributed by atoms with E-state index in [1.165, 1.54) is 31.2 Å². The molecule has 0 radical (unpaired) electrons. The lowest BCUT2D eigenvalue weighted by atomic mass is 9.44. The molecule has 0 aromatic carbocycles. The van der Waals surface area contributed by atoms with Crippen LogP contribution in [0, 0.1) is 34.0 Å². The molecule has 28 heavy (non-hydrogen) atoms. The molecule has 0 bridgehead atoms. The Kier molecular flexibility index (Phi) is 4.02. The third-order valence-corrected chi connectivity index (χ3v) is 9.48. The number of aromatic nitrogens is 1. The fourth-order valence-corrected chi connectivity index (χ4v) is 7.93. The maximum absolute atomic E-state index is 10.7. The van der Waals surface area contributed by atoms with Crippen molar-refractivity contribution in [2.45, 2.75) is 72.3 Å². The molecule has 1 heterocycles. The van der Waals surface area contributed by atoms with Crippen LogP contribution in [0.15, 0.2) is 42.3 Å². The molecule has 1 N–H and O–H groups in total. The van der Waals surface area contributed by atoms with Crippen molar-refractivity contribution in [2.24, 2.45) is 34.0 Å². The highest BCUT2D eigenvalue weighted by atomic mass is 16.3. The maximum atomic E-state index is 10.7. The molecule has 1 aromatic rings. The maximum Gasteiger partial charge on any atom is 0.0628 e. The Hall–Kier alpha value is -1.41. The van der Waals surface area contributed by atoms with Crippen molar-refractivity contribution < 1.29 is 5.11 Å². The molecule has 6 atom stereocenters. The van der Waals surface area contributed by atoms with E-state index in [-0.39, 0.29) is 22.3 Å².